The number of carboxylic acids is 2. The number of nitrogens with zero attached hydrogens (tertiary/aromatic N) is 3. The van der Waals surface area contributed by atoms with Crippen molar-refractivity contribution in [2.24, 2.45) is 5.16 Å². The first-order chi connectivity index (χ1) is 12.9. The Labute approximate surface area is 157 Å². The maximum Gasteiger partial charge on any atom is 0.118 e. The lowest BCUT2D eigenvalue weighted by Gasteiger charge is -2.09. The third-order valence-corrected chi connectivity index (χ3v) is 3.16. The van der Waals surface area contributed by atoms with Crippen LogP contribution in [0.2, 0.25) is 0 Å². The Balaban J connectivity index is 0.000000527. The van der Waals surface area contributed by atoms with Crippen LogP contribution >= 0.6 is 0 Å². The van der Waals surface area contributed by atoms with E-state index >= 15 is 0 Å². The van der Waals surface area contributed by atoms with Gasteiger partial charge in [-0.2, -0.15) is 0 Å². The Kier molecular flexibility index (Phi) is 9.80. The molecule has 0 unspecified atom stereocenters. The Morgan fingerprint density at radius 3 is 2.07 bits per heavy atom. The molecule has 0 N–H and O–H groups in total. The van der Waals surface area contributed by atoms with E-state index in [1.807, 2.05) is 42.5 Å². The molecule has 0 aliphatic heterocycles. The lowest BCUT2D eigenvalue weighted by molar-refractivity contribution is -0.345. The highest BCUT2D eigenvalue weighted by Gasteiger charge is 2.07. The number of aromatic nitrogens is 1. The highest BCUT2D eigenvalue weighted by Crippen LogP contribution is 2.10. The second-order valence-corrected chi connectivity index (χ2v) is 5.61. The third-order valence-electron chi connectivity index (χ3n) is 3.16. The molecule has 0 saturated carbocycles. The molecule has 2 aromatic rings. The molecule has 0 aliphatic rings. The molecule has 1 aromatic carbocycles. The van der Waals surface area contributed by atoms with Crippen LogP contribution in [0.5, 0.6) is 0 Å². The SMILES string of the molecule is CN(C)CCCON=C(c1ccccc1)c1ccncc1.O=C([O-])C(=O)[O-]. The first kappa shape index (κ1) is 21.8. The molecule has 0 amide bonds. The largest absolute Gasteiger partial charge is 0.543 e. The summed E-state index contributed by atoms with van der Waals surface area (Å²) in [7, 11) is 4.10. The Hall–Kier alpha value is -3.26. The van der Waals surface area contributed by atoms with Crippen molar-refractivity contribution in [3.05, 3.63) is 66.0 Å². The summed E-state index contributed by atoms with van der Waals surface area (Å²) in [6.45, 7) is 1.60. The standard InChI is InChI=1S/C17H21N3O.C2H2O4/c1-20(2)13-6-14-21-19-17(15-7-4-3-5-8-15)16-9-11-18-12-10-16;3-1(4)2(5)6/h3-5,7-12H,6,13-14H2,1-2H3;(H,3,4)(H,5,6)/p-2. The number of hydrogen-bond donors (Lipinski definition) is 0. The van der Waals surface area contributed by atoms with Gasteiger partial charge in [-0.25, -0.2) is 0 Å². The van der Waals surface area contributed by atoms with Crippen molar-refractivity contribution in [2.75, 3.05) is 27.2 Å². The quantitative estimate of drug-likeness (QED) is 0.273. The number of carboxylic acid groups (broad SMARTS) is 2. The number of hydrogen-bond acceptors (Lipinski definition) is 8. The average Bonchev–Trinajstić information content (AvgIpc) is 2.66. The molecule has 0 atom stereocenters. The molecule has 0 radical (unpaired) electrons. The van der Waals surface area contributed by atoms with Crippen LogP contribution in [0, 0.1) is 0 Å². The Bertz CT molecular complexity index is 680. The summed E-state index contributed by atoms with van der Waals surface area (Å²) >= 11 is 0. The van der Waals surface area contributed by atoms with Gasteiger partial charge in [-0.1, -0.05) is 35.5 Å². The number of aliphatic carboxylic acids is 2. The van der Waals surface area contributed by atoms with Gasteiger partial charge in [0.05, 0.1) is 11.9 Å². The van der Waals surface area contributed by atoms with Gasteiger partial charge < -0.3 is 29.5 Å². The van der Waals surface area contributed by atoms with E-state index in [0.717, 1.165) is 29.8 Å². The summed E-state index contributed by atoms with van der Waals surface area (Å²) in [5, 5.41) is 22.2. The predicted molar refractivity (Wildman–Crippen MR) is 95.5 cm³/mol. The minimum absolute atomic E-state index is 0.611. The number of oxime groups is 1. The first-order valence-corrected chi connectivity index (χ1v) is 8.14. The van der Waals surface area contributed by atoms with Crippen LogP contribution < -0.4 is 10.2 Å². The van der Waals surface area contributed by atoms with Crippen molar-refractivity contribution in [1.82, 2.24) is 9.88 Å². The molecule has 8 nitrogen and oxygen atoms in total. The molecule has 0 aliphatic carbocycles. The predicted octanol–water partition coefficient (Wildman–Crippen LogP) is -0.711. The van der Waals surface area contributed by atoms with Crippen LogP contribution in [0.15, 0.2) is 60.0 Å². The topological polar surface area (TPSA) is 118 Å². The highest BCUT2D eigenvalue weighted by atomic mass is 16.6. The normalized spacial score (nSPS) is 10.7. The van der Waals surface area contributed by atoms with Gasteiger partial charge in [-0.05, 0) is 32.6 Å². The van der Waals surface area contributed by atoms with Gasteiger partial charge >= 0.3 is 0 Å². The fourth-order valence-corrected chi connectivity index (χ4v) is 1.93. The summed E-state index contributed by atoms with van der Waals surface area (Å²) in [6.07, 6.45) is 4.48. The molecule has 144 valence electrons. The minimum atomic E-state index is -2.19. The molecule has 27 heavy (non-hydrogen) atoms. The van der Waals surface area contributed by atoms with Gasteiger partial charge in [-0.3, -0.25) is 4.98 Å². The van der Waals surface area contributed by atoms with Gasteiger partial charge in [0.2, 0.25) is 0 Å². The second-order valence-electron chi connectivity index (χ2n) is 5.61. The molecule has 0 bridgehead atoms. The maximum atomic E-state index is 8.93. The molecular formula is C19H21N3O5-2. The molecule has 0 spiro atoms. The van der Waals surface area contributed by atoms with E-state index in [1.165, 1.54) is 0 Å². The van der Waals surface area contributed by atoms with Gasteiger partial charge in [0, 0.05) is 30.1 Å². The van der Waals surface area contributed by atoms with E-state index in [0.29, 0.717) is 6.61 Å². The van der Waals surface area contributed by atoms with Crippen LogP contribution in [-0.2, 0) is 14.4 Å². The lowest BCUT2D eigenvalue weighted by atomic mass is 10.0. The Morgan fingerprint density at radius 1 is 1.00 bits per heavy atom. The van der Waals surface area contributed by atoms with E-state index in [4.69, 9.17) is 24.6 Å². The number of benzene rings is 1. The first-order valence-electron chi connectivity index (χ1n) is 8.14. The zero-order valence-corrected chi connectivity index (χ0v) is 15.2. The number of pyridine rings is 1. The monoisotopic (exact) mass is 371 g/mol. The maximum absolute atomic E-state index is 8.93. The molecule has 2 rings (SSSR count). The van der Waals surface area contributed by atoms with E-state index in [9.17, 15) is 0 Å². The zero-order valence-electron chi connectivity index (χ0n) is 15.2. The van der Waals surface area contributed by atoms with Crippen molar-refractivity contribution >= 4 is 17.7 Å². The third kappa shape index (κ3) is 9.13. The second kappa shape index (κ2) is 12.2. The van der Waals surface area contributed by atoms with E-state index in [-0.39, 0.29) is 0 Å². The van der Waals surface area contributed by atoms with Crippen LogP contribution in [0.4, 0.5) is 0 Å². The fraction of sp³-hybridized carbons (Fsp3) is 0.263. The van der Waals surface area contributed by atoms with Crippen LogP contribution in [0.1, 0.15) is 17.5 Å². The zero-order chi connectivity index (χ0) is 20.1. The minimum Gasteiger partial charge on any atom is -0.543 e. The van der Waals surface area contributed by atoms with Gasteiger partial charge in [0.25, 0.3) is 0 Å². The molecule has 8 heteroatoms. The molecule has 0 fully saturated rings. The number of carbonyl (C=O) groups excluding carboxylic acids is 2. The molecule has 0 saturated heterocycles. The van der Waals surface area contributed by atoms with E-state index in [1.54, 1.807) is 12.4 Å². The average molecular weight is 371 g/mol. The summed E-state index contributed by atoms with van der Waals surface area (Å²) in [5.41, 5.74) is 2.88. The molecular weight excluding hydrogens is 350 g/mol. The van der Waals surface area contributed by atoms with E-state index < -0.39 is 11.9 Å². The summed E-state index contributed by atoms with van der Waals surface area (Å²) in [4.78, 5) is 29.5. The van der Waals surface area contributed by atoms with Crippen molar-refractivity contribution in [3.8, 4) is 0 Å². The van der Waals surface area contributed by atoms with Crippen LogP contribution in [0.25, 0.3) is 0 Å². The van der Waals surface area contributed by atoms with Crippen LogP contribution in [-0.4, -0.2) is 54.8 Å². The molecule has 1 heterocycles. The van der Waals surface area contributed by atoms with Crippen molar-refractivity contribution in [2.45, 2.75) is 6.42 Å². The van der Waals surface area contributed by atoms with Crippen molar-refractivity contribution < 1.29 is 24.6 Å². The van der Waals surface area contributed by atoms with E-state index in [2.05, 4.69) is 29.1 Å². The summed E-state index contributed by atoms with van der Waals surface area (Å²) in [6, 6.07) is 13.9. The van der Waals surface area contributed by atoms with Crippen molar-refractivity contribution in [1.29, 1.82) is 0 Å². The number of rotatable bonds is 7. The summed E-state index contributed by atoms with van der Waals surface area (Å²) < 4.78 is 0. The van der Waals surface area contributed by atoms with Crippen LogP contribution in [0.3, 0.4) is 0 Å². The lowest BCUT2D eigenvalue weighted by Crippen LogP contribution is -2.42. The highest BCUT2D eigenvalue weighted by molar-refractivity contribution is 6.25. The smallest absolute Gasteiger partial charge is 0.118 e. The fourth-order valence-electron chi connectivity index (χ4n) is 1.93. The van der Waals surface area contributed by atoms with Crippen molar-refractivity contribution in [3.63, 3.8) is 0 Å². The van der Waals surface area contributed by atoms with Gasteiger partial charge in [-0.15, -0.1) is 0 Å². The Morgan fingerprint density at radius 2 is 1.56 bits per heavy atom. The van der Waals surface area contributed by atoms with Gasteiger partial charge in [0.15, 0.2) is 0 Å². The molecule has 1 aromatic heterocycles. The number of carbonyl (C=O) groups is 2. The van der Waals surface area contributed by atoms with Gasteiger partial charge in [0.1, 0.15) is 12.3 Å². The summed E-state index contributed by atoms with van der Waals surface area (Å²) in [5.74, 6) is -4.37.